The maximum absolute atomic E-state index is 12.5. The average Bonchev–Trinajstić information content (AvgIpc) is 2.96. The van der Waals surface area contributed by atoms with Gasteiger partial charge in [0.1, 0.15) is 5.75 Å². The zero-order chi connectivity index (χ0) is 17.9. The minimum Gasteiger partial charge on any atom is -0.406 e. The van der Waals surface area contributed by atoms with Crippen molar-refractivity contribution in [2.24, 2.45) is 11.8 Å². The molecule has 24 heavy (non-hydrogen) atoms. The molecule has 0 saturated carbocycles. The molecule has 0 bridgehead atoms. The van der Waals surface area contributed by atoms with Crippen LogP contribution in [0.5, 0.6) is 5.75 Å². The van der Waals surface area contributed by atoms with E-state index < -0.39 is 29.9 Å². The number of alkyl halides is 3. The van der Waals surface area contributed by atoms with Crippen molar-refractivity contribution in [3.8, 4) is 5.75 Å². The van der Waals surface area contributed by atoms with Gasteiger partial charge in [0.05, 0.1) is 5.92 Å². The minimum atomic E-state index is -4.85. The highest BCUT2D eigenvalue weighted by Gasteiger charge is 2.39. The Bertz CT molecular complexity index is 621. The molecule has 0 aliphatic carbocycles. The fraction of sp³-hybridized carbons (Fsp3) is 0.467. The van der Waals surface area contributed by atoms with Gasteiger partial charge in [-0.15, -0.1) is 13.2 Å². The van der Waals surface area contributed by atoms with Crippen LogP contribution in [0.4, 0.5) is 13.2 Å². The van der Waals surface area contributed by atoms with E-state index in [1.54, 1.807) is 0 Å². The Morgan fingerprint density at radius 3 is 2.67 bits per heavy atom. The zero-order valence-electron chi connectivity index (χ0n) is 12.8. The highest BCUT2D eigenvalue weighted by molar-refractivity contribution is 5.95. The molecule has 1 saturated heterocycles. The van der Waals surface area contributed by atoms with Crippen LogP contribution in [-0.4, -0.2) is 54.9 Å². The Balaban J connectivity index is 2.15. The maximum atomic E-state index is 12.5. The third-order valence-corrected chi connectivity index (χ3v) is 3.86. The number of hydrogen-bond donors (Lipinski definition) is 2. The highest BCUT2D eigenvalue weighted by Crippen LogP contribution is 2.27. The van der Waals surface area contributed by atoms with Crippen LogP contribution in [0.2, 0.25) is 0 Å². The van der Waals surface area contributed by atoms with Gasteiger partial charge in [0, 0.05) is 38.2 Å². The molecule has 0 aromatic heterocycles. The average molecular weight is 346 g/mol. The molecule has 9 heteroatoms. The summed E-state index contributed by atoms with van der Waals surface area (Å²) in [6.07, 6.45) is -4.85. The van der Waals surface area contributed by atoms with Crippen molar-refractivity contribution in [1.82, 2.24) is 10.2 Å². The third kappa shape index (κ3) is 4.16. The molecule has 1 aromatic rings. The molecular weight excluding hydrogens is 329 g/mol. The van der Waals surface area contributed by atoms with Crippen LogP contribution in [0, 0.1) is 11.8 Å². The van der Waals surface area contributed by atoms with Gasteiger partial charge in [-0.25, -0.2) is 0 Å². The summed E-state index contributed by atoms with van der Waals surface area (Å²) in [7, 11) is 1.46. The van der Waals surface area contributed by atoms with Crippen LogP contribution >= 0.6 is 0 Å². The number of nitrogens with zero attached hydrogens (tertiary/aromatic N) is 1. The van der Waals surface area contributed by atoms with Gasteiger partial charge in [-0.2, -0.15) is 0 Å². The van der Waals surface area contributed by atoms with Crippen molar-refractivity contribution in [1.29, 1.82) is 0 Å². The van der Waals surface area contributed by atoms with Gasteiger partial charge in [-0.05, 0) is 18.2 Å². The SMILES string of the molecule is CNC(=O)[C@@H]1CN(C(=O)c2cccc(OC(F)(F)F)c2)C[C@H]1CO. The summed E-state index contributed by atoms with van der Waals surface area (Å²) >= 11 is 0. The molecule has 1 fully saturated rings. The van der Waals surface area contributed by atoms with E-state index in [1.165, 1.54) is 24.1 Å². The zero-order valence-corrected chi connectivity index (χ0v) is 12.8. The number of aliphatic hydroxyl groups excluding tert-OH is 1. The lowest BCUT2D eigenvalue weighted by Crippen LogP contribution is -2.34. The molecule has 1 aliphatic heterocycles. The Hall–Kier alpha value is -2.29. The number of carbonyl (C=O) groups is 2. The van der Waals surface area contributed by atoms with Crippen LogP contribution < -0.4 is 10.1 Å². The lowest BCUT2D eigenvalue weighted by atomic mass is 9.96. The van der Waals surface area contributed by atoms with Crippen molar-refractivity contribution >= 4 is 11.8 Å². The number of rotatable bonds is 4. The van der Waals surface area contributed by atoms with Crippen molar-refractivity contribution in [3.63, 3.8) is 0 Å². The van der Waals surface area contributed by atoms with Crippen molar-refractivity contribution in [3.05, 3.63) is 29.8 Å². The first-order valence-corrected chi connectivity index (χ1v) is 7.22. The normalized spacial score (nSPS) is 20.8. The topological polar surface area (TPSA) is 78.9 Å². The summed E-state index contributed by atoms with van der Waals surface area (Å²) in [6, 6.07) is 4.74. The second kappa shape index (κ2) is 7.08. The van der Waals surface area contributed by atoms with E-state index in [2.05, 4.69) is 10.1 Å². The Kier molecular flexibility index (Phi) is 5.33. The Morgan fingerprint density at radius 2 is 2.08 bits per heavy atom. The van der Waals surface area contributed by atoms with E-state index in [0.29, 0.717) is 0 Å². The second-order valence-electron chi connectivity index (χ2n) is 5.45. The summed E-state index contributed by atoms with van der Waals surface area (Å²) in [5, 5.41) is 11.8. The summed E-state index contributed by atoms with van der Waals surface area (Å²) in [5.41, 5.74) is 0.0194. The lowest BCUT2D eigenvalue weighted by Gasteiger charge is -2.17. The second-order valence-corrected chi connectivity index (χ2v) is 5.45. The molecule has 2 atom stereocenters. The van der Waals surface area contributed by atoms with E-state index in [9.17, 15) is 27.9 Å². The first-order valence-electron chi connectivity index (χ1n) is 7.22. The van der Waals surface area contributed by atoms with Gasteiger partial charge in [0.15, 0.2) is 0 Å². The molecule has 2 rings (SSSR count). The van der Waals surface area contributed by atoms with Crippen LogP contribution in [0.25, 0.3) is 0 Å². The lowest BCUT2D eigenvalue weighted by molar-refractivity contribution is -0.274. The number of likely N-dealkylation sites (tertiary alicyclic amines) is 1. The number of carbonyl (C=O) groups excluding carboxylic acids is 2. The van der Waals surface area contributed by atoms with Gasteiger partial charge in [0.25, 0.3) is 5.91 Å². The maximum Gasteiger partial charge on any atom is 0.573 e. The number of ether oxygens (including phenoxy) is 1. The number of aliphatic hydroxyl groups is 1. The molecule has 6 nitrogen and oxygen atoms in total. The molecule has 2 N–H and O–H groups in total. The largest absolute Gasteiger partial charge is 0.573 e. The monoisotopic (exact) mass is 346 g/mol. The highest BCUT2D eigenvalue weighted by atomic mass is 19.4. The summed E-state index contributed by atoms with van der Waals surface area (Å²) in [5.74, 6) is -2.28. The Labute approximate surface area is 136 Å². The standard InChI is InChI=1S/C15H17F3N2O4/c1-19-13(22)12-7-20(6-10(12)8-21)14(23)9-3-2-4-11(5-9)24-15(16,17)18/h2-5,10,12,21H,6-8H2,1H3,(H,19,22)/t10-,12+/m0/s1. The molecule has 132 valence electrons. The predicted molar refractivity (Wildman–Crippen MR) is 77.2 cm³/mol. The molecule has 1 aromatic carbocycles. The smallest absolute Gasteiger partial charge is 0.406 e. The Morgan fingerprint density at radius 1 is 1.38 bits per heavy atom. The van der Waals surface area contributed by atoms with Gasteiger partial charge in [0.2, 0.25) is 5.91 Å². The van der Waals surface area contributed by atoms with E-state index >= 15 is 0 Å². The van der Waals surface area contributed by atoms with Crippen LogP contribution in [0.15, 0.2) is 24.3 Å². The van der Waals surface area contributed by atoms with Crippen LogP contribution in [-0.2, 0) is 4.79 Å². The molecule has 0 spiro atoms. The third-order valence-electron chi connectivity index (χ3n) is 3.86. The van der Waals surface area contributed by atoms with E-state index in [4.69, 9.17) is 0 Å². The number of benzene rings is 1. The molecule has 1 aliphatic rings. The number of halogens is 3. The van der Waals surface area contributed by atoms with Gasteiger partial charge < -0.3 is 20.1 Å². The number of hydrogen-bond acceptors (Lipinski definition) is 4. The minimum absolute atomic E-state index is 0.0194. The van der Waals surface area contributed by atoms with Crippen molar-refractivity contribution in [2.45, 2.75) is 6.36 Å². The quantitative estimate of drug-likeness (QED) is 0.853. The molecule has 0 unspecified atom stereocenters. The fourth-order valence-electron chi connectivity index (χ4n) is 2.71. The first-order chi connectivity index (χ1) is 11.2. The van der Waals surface area contributed by atoms with E-state index in [0.717, 1.165) is 12.1 Å². The van der Waals surface area contributed by atoms with Gasteiger partial charge >= 0.3 is 6.36 Å². The van der Waals surface area contributed by atoms with E-state index in [1.807, 2.05) is 0 Å². The van der Waals surface area contributed by atoms with Gasteiger partial charge in [-0.1, -0.05) is 6.07 Å². The molecular formula is C15H17F3N2O4. The van der Waals surface area contributed by atoms with Crippen molar-refractivity contribution < 1.29 is 32.6 Å². The molecule has 2 amide bonds. The number of nitrogens with one attached hydrogen (secondary N) is 1. The van der Waals surface area contributed by atoms with Crippen LogP contribution in [0.1, 0.15) is 10.4 Å². The number of amides is 2. The van der Waals surface area contributed by atoms with Crippen molar-refractivity contribution in [2.75, 3.05) is 26.7 Å². The molecule has 0 radical (unpaired) electrons. The first kappa shape index (κ1) is 18.1. The van der Waals surface area contributed by atoms with E-state index in [-0.39, 0.29) is 31.2 Å². The van der Waals surface area contributed by atoms with Gasteiger partial charge in [-0.3, -0.25) is 9.59 Å². The summed E-state index contributed by atoms with van der Waals surface area (Å²) < 4.78 is 40.6. The summed E-state index contributed by atoms with van der Waals surface area (Å²) in [6.45, 7) is -0.0229. The summed E-state index contributed by atoms with van der Waals surface area (Å²) in [4.78, 5) is 25.6. The van der Waals surface area contributed by atoms with Crippen LogP contribution in [0.3, 0.4) is 0 Å². The molecule has 1 heterocycles. The predicted octanol–water partition coefficient (Wildman–Crippen LogP) is 1.01. The fourth-order valence-corrected chi connectivity index (χ4v) is 2.71.